The molecule has 2 rings (SSSR count). The van der Waals surface area contributed by atoms with Crippen molar-refractivity contribution in [2.75, 3.05) is 12.8 Å². The number of carboxylic acids is 1. The van der Waals surface area contributed by atoms with Crippen molar-refractivity contribution in [3.05, 3.63) is 17.1 Å². The van der Waals surface area contributed by atoms with E-state index in [2.05, 4.69) is 9.97 Å². The third-order valence-electron chi connectivity index (χ3n) is 4.04. The van der Waals surface area contributed by atoms with Gasteiger partial charge in [0.05, 0.1) is 5.69 Å². The van der Waals surface area contributed by atoms with Crippen molar-refractivity contribution >= 4 is 11.8 Å². The highest BCUT2D eigenvalue weighted by molar-refractivity contribution is 5.93. The minimum Gasteiger partial charge on any atom is -0.477 e. The van der Waals surface area contributed by atoms with Gasteiger partial charge >= 0.3 is 5.97 Å². The number of hydrogen-bond donors (Lipinski definition) is 2. The summed E-state index contributed by atoms with van der Waals surface area (Å²) in [6, 6.07) is 0. The van der Waals surface area contributed by atoms with Crippen LogP contribution in [0.25, 0.3) is 0 Å². The molecule has 0 bridgehead atoms. The number of anilines is 1. The summed E-state index contributed by atoms with van der Waals surface area (Å²) in [4.78, 5) is 19.7. The molecule has 6 nitrogen and oxygen atoms in total. The molecular formula is C14H21N3O3. The maximum absolute atomic E-state index is 11.1. The van der Waals surface area contributed by atoms with Crippen LogP contribution >= 0.6 is 0 Å². The van der Waals surface area contributed by atoms with E-state index in [9.17, 15) is 4.79 Å². The van der Waals surface area contributed by atoms with Gasteiger partial charge in [-0.25, -0.2) is 14.8 Å². The highest BCUT2D eigenvalue weighted by atomic mass is 16.5. The lowest BCUT2D eigenvalue weighted by atomic mass is 9.92. The van der Waals surface area contributed by atoms with Gasteiger partial charge in [-0.1, -0.05) is 25.7 Å². The number of aryl methyl sites for hydroxylation is 1. The normalized spacial score (nSPS) is 18.5. The maximum Gasteiger partial charge on any atom is 0.341 e. The minimum absolute atomic E-state index is 0.0145. The topological polar surface area (TPSA) is 98.3 Å². The Morgan fingerprint density at radius 1 is 1.25 bits per heavy atom. The van der Waals surface area contributed by atoms with Crippen molar-refractivity contribution in [3.8, 4) is 0 Å². The lowest BCUT2D eigenvalue weighted by Gasteiger charge is -2.30. The first kappa shape index (κ1) is 14.7. The molecule has 0 spiro atoms. The molecule has 0 aliphatic heterocycles. The Hall–Kier alpha value is -1.69. The number of hydrogen-bond acceptors (Lipinski definition) is 5. The number of nitrogens with zero attached hydrogens (tertiary/aromatic N) is 2. The summed E-state index contributed by atoms with van der Waals surface area (Å²) in [7, 11) is 1.66. The number of methoxy groups -OCH3 is 1. The molecule has 0 atom stereocenters. The second-order valence-electron chi connectivity index (χ2n) is 5.31. The molecule has 3 N–H and O–H groups in total. The van der Waals surface area contributed by atoms with Crippen molar-refractivity contribution in [1.82, 2.24) is 9.97 Å². The van der Waals surface area contributed by atoms with E-state index in [0.29, 0.717) is 11.5 Å². The average molecular weight is 279 g/mol. The van der Waals surface area contributed by atoms with Gasteiger partial charge in [-0.15, -0.1) is 0 Å². The molecule has 0 unspecified atom stereocenters. The Labute approximate surface area is 118 Å². The second-order valence-corrected chi connectivity index (χ2v) is 5.31. The summed E-state index contributed by atoms with van der Waals surface area (Å²) in [6.07, 6.45) is 6.14. The van der Waals surface area contributed by atoms with E-state index in [1.807, 2.05) is 0 Å². The van der Waals surface area contributed by atoms with E-state index in [4.69, 9.17) is 15.6 Å². The summed E-state index contributed by atoms with van der Waals surface area (Å²) in [6.45, 7) is 1.64. The Bertz CT molecular complexity index is 485. The lowest BCUT2D eigenvalue weighted by Crippen LogP contribution is -2.31. The van der Waals surface area contributed by atoms with Crippen LogP contribution in [0.3, 0.4) is 0 Å². The smallest absolute Gasteiger partial charge is 0.341 e. The molecule has 1 saturated carbocycles. The van der Waals surface area contributed by atoms with Crippen LogP contribution in [0, 0.1) is 6.92 Å². The molecule has 1 heterocycles. The molecular weight excluding hydrogens is 258 g/mol. The van der Waals surface area contributed by atoms with Gasteiger partial charge < -0.3 is 15.6 Å². The van der Waals surface area contributed by atoms with Gasteiger partial charge in [-0.3, -0.25) is 0 Å². The van der Waals surface area contributed by atoms with Crippen molar-refractivity contribution in [2.45, 2.75) is 51.0 Å². The van der Waals surface area contributed by atoms with Crippen LogP contribution < -0.4 is 5.73 Å². The van der Waals surface area contributed by atoms with Crippen LogP contribution in [-0.2, 0) is 10.3 Å². The zero-order valence-corrected chi connectivity index (χ0v) is 12.0. The number of aromatic nitrogens is 2. The number of carbonyl (C=O) groups is 1. The Balaban J connectivity index is 2.47. The second kappa shape index (κ2) is 5.75. The summed E-state index contributed by atoms with van der Waals surface area (Å²) in [5, 5.41) is 9.12. The number of nitrogen functional groups attached to an aromatic ring is 1. The molecule has 0 aromatic carbocycles. The van der Waals surface area contributed by atoms with Crippen LogP contribution in [0.15, 0.2) is 0 Å². The van der Waals surface area contributed by atoms with Gasteiger partial charge in [0.1, 0.15) is 17.0 Å². The van der Waals surface area contributed by atoms with E-state index in [1.54, 1.807) is 14.0 Å². The van der Waals surface area contributed by atoms with Crippen LogP contribution in [0.1, 0.15) is 60.4 Å². The SMILES string of the molecule is COC1(c2nc(C)c(C(=O)O)c(N)n2)CCCCCC1. The van der Waals surface area contributed by atoms with E-state index in [1.165, 1.54) is 12.8 Å². The first-order chi connectivity index (χ1) is 9.50. The van der Waals surface area contributed by atoms with Gasteiger partial charge in [0.2, 0.25) is 0 Å². The Kier molecular flexibility index (Phi) is 4.23. The van der Waals surface area contributed by atoms with E-state index in [0.717, 1.165) is 25.7 Å². The fraction of sp³-hybridized carbons (Fsp3) is 0.643. The van der Waals surface area contributed by atoms with Crippen molar-refractivity contribution in [3.63, 3.8) is 0 Å². The van der Waals surface area contributed by atoms with Crippen LogP contribution in [-0.4, -0.2) is 28.2 Å². The third kappa shape index (κ3) is 2.60. The van der Waals surface area contributed by atoms with E-state index >= 15 is 0 Å². The molecule has 6 heteroatoms. The summed E-state index contributed by atoms with van der Waals surface area (Å²) in [5.74, 6) is -0.568. The molecule has 1 aliphatic carbocycles. The zero-order valence-electron chi connectivity index (χ0n) is 12.0. The molecule has 0 saturated heterocycles. The highest BCUT2D eigenvalue weighted by Crippen LogP contribution is 2.37. The van der Waals surface area contributed by atoms with Crippen LogP contribution in [0.5, 0.6) is 0 Å². The number of aromatic carboxylic acids is 1. The summed E-state index contributed by atoms with van der Waals surface area (Å²) >= 11 is 0. The van der Waals surface area contributed by atoms with Crippen molar-refractivity contribution in [1.29, 1.82) is 0 Å². The first-order valence-corrected chi connectivity index (χ1v) is 6.93. The standard InChI is InChI=1S/C14H21N3O3/c1-9-10(12(18)19)11(15)17-13(16-9)14(20-2)7-5-3-4-6-8-14/h3-8H2,1-2H3,(H,18,19)(H2,15,16,17). The number of rotatable bonds is 3. The fourth-order valence-electron chi connectivity index (χ4n) is 2.88. The van der Waals surface area contributed by atoms with Crippen molar-refractivity contribution in [2.24, 2.45) is 0 Å². The quantitative estimate of drug-likeness (QED) is 0.823. The number of nitrogens with two attached hydrogens (primary N) is 1. The van der Waals surface area contributed by atoms with Gasteiger partial charge in [-0.05, 0) is 19.8 Å². The highest BCUT2D eigenvalue weighted by Gasteiger charge is 2.36. The molecule has 1 aromatic heterocycles. The Morgan fingerprint density at radius 3 is 2.30 bits per heavy atom. The molecule has 1 fully saturated rings. The predicted molar refractivity (Wildman–Crippen MR) is 74.5 cm³/mol. The minimum atomic E-state index is -1.10. The van der Waals surface area contributed by atoms with Crippen LogP contribution in [0.4, 0.5) is 5.82 Å². The lowest BCUT2D eigenvalue weighted by molar-refractivity contribution is -0.0352. The molecule has 110 valence electrons. The summed E-state index contributed by atoms with van der Waals surface area (Å²) < 4.78 is 5.73. The number of ether oxygens (including phenoxy) is 1. The average Bonchev–Trinajstić information content (AvgIpc) is 2.63. The molecule has 1 aromatic rings. The molecule has 0 amide bonds. The van der Waals surface area contributed by atoms with E-state index < -0.39 is 11.6 Å². The largest absolute Gasteiger partial charge is 0.477 e. The maximum atomic E-state index is 11.1. The molecule has 20 heavy (non-hydrogen) atoms. The van der Waals surface area contributed by atoms with Gasteiger partial charge in [0, 0.05) is 7.11 Å². The van der Waals surface area contributed by atoms with Gasteiger partial charge in [-0.2, -0.15) is 0 Å². The van der Waals surface area contributed by atoms with Crippen molar-refractivity contribution < 1.29 is 14.6 Å². The number of carboxylic acid groups (broad SMARTS) is 1. The van der Waals surface area contributed by atoms with Gasteiger partial charge in [0.15, 0.2) is 5.82 Å². The van der Waals surface area contributed by atoms with Crippen LogP contribution in [0.2, 0.25) is 0 Å². The summed E-state index contributed by atoms with van der Waals surface area (Å²) in [5.41, 5.74) is 5.63. The fourth-order valence-corrected chi connectivity index (χ4v) is 2.88. The third-order valence-corrected chi connectivity index (χ3v) is 4.04. The molecule has 0 radical (unpaired) electrons. The molecule has 1 aliphatic rings. The van der Waals surface area contributed by atoms with E-state index in [-0.39, 0.29) is 11.4 Å². The zero-order chi connectivity index (χ0) is 14.8. The Morgan fingerprint density at radius 2 is 1.85 bits per heavy atom. The first-order valence-electron chi connectivity index (χ1n) is 6.93. The predicted octanol–water partition coefficient (Wildman–Crippen LogP) is 2.26. The van der Waals surface area contributed by atoms with Gasteiger partial charge in [0.25, 0.3) is 0 Å². The monoisotopic (exact) mass is 279 g/mol.